The summed E-state index contributed by atoms with van der Waals surface area (Å²) in [7, 11) is 1.25. The SMILES string of the molecule is COC(=O)c1ccc(N2C(=O)C(Cl)=C(Nc3ccc(C(=O)Nc4ccccc4Cl)cc3)C2=O)cc1. The lowest BCUT2D eigenvalue weighted by Crippen LogP contribution is -2.32. The number of amides is 3. The quantitative estimate of drug-likeness (QED) is 0.364. The van der Waals surface area contributed by atoms with Gasteiger partial charge in [0.15, 0.2) is 0 Å². The van der Waals surface area contributed by atoms with Crippen molar-refractivity contribution in [2.24, 2.45) is 0 Å². The van der Waals surface area contributed by atoms with Crippen molar-refractivity contribution in [1.82, 2.24) is 0 Å². The van der Waals surface area contributed by atoms with E-state index in [9.17, 15) is 19.2 Å². The maximum Gasteiger partial charge on any atom is 0.337 e. The summed E-state index contributed by atoms with van der Waals surface area (Å²) >= 11 is 12.2. The summed E-state index contributed by atoms with van der Waals surface area (Å²) in [4.78, 5) is 50.6. The highest BCUT2D eigenvalue weighted by atomic mass is 35.5. The first kappa shape index (κ1) is 24.0. The number of esters is 1. The molecule has 176 valence electrons. The molecule has 4 rings (SSSR count). The number of nitrogens with one attached hydrogen (secondary N) is 2. The minimum absolute atomic E-state index is 0.109. The number of carbonyl (C=O) groups is 4. The molecule has 0 atom stereocenters. The number of hydrogen-bond acceptors (Lipinski definition) is 6. The van der Waals surface area contributed by atoms with Crippen LogP contribution in [0.25, 0.3) is 0 Å². The van der Waals surface area contributed by atoms with Crippen LogP contribution in [0.4, 0.5) is 17.1 Å². The second kappa shape index (κ2) is 10.0. The van der Waals surface area contributed by atoms with Gasteiger partial charge in [-0.05, 0) is 60.7 Å². The van der Waals surface area contributed by atoms with Gasteiger partial charge in [0, 0.05) is 11.3 Å². The summed E-state index contributed by atoms with van der Waals surface area (Å²) in [6.45, 7) is 0. The first-order valence-corrected chi connectivity index (χ1v) is 11.0. The van der Waals surface area contributed by atoms with Crippen LogP contribution in [-0.2, 0) is 14.3 Å². The van der Waals surface area contributed by atoms with Gasteiger partial charge in [-0.3, -0.25) is 14.4 Å². The van der Waals surface area contributed by atoms with Crippen LogP contribution >= 0.6 is 23.2 Å². The highest BCUT2D eigenvalue weighted by molar-refractivity contribution is 6.53. The molecule has 0 aliphatic carbocycles. The van der Waals surface area contributed by atoms with Gasteiger partial charge in [-0.2, -0.15) is 0 Å². The lowest BCUT2D eigenvalue weighted by molar-refractivity contribution is -0.120. The van der Waals surface area contributed by atoms with Gasteiger partial charge >= 0.3 is 5.97 Å². The van der Waals surface area contributed by atoms with Crippen LogP contribution in [0.5, 0.6) is 0 Å². The summed E-state index contributed by atoms with van der Waals surface area (Å²) in [5.41, 5.74) is 1.68. The third kappa shape index (κ3) is 4.89. The van der Waals surface area contributed by atoms with Gasteiger partial charge in [0.1, 0.15) is 10.7 Å². The fourth-order valence-electron chi connectivity index (χ4n) is 3.32. The van der Waals surface area contributed by atoms with Crippen molar-refractivity contribution in [2.75, 3.05) is 22.6 Å². The van der Waals surface area contributed by atoms with Crippen molar-refractivity contribution in [3.63, 3.8) is 0 Å². The molecule has 1 heterocycles. The predicted octanol–water partition coefficient (Wildman–Crippen LogP) is 4.81. The molecule has 3 aromatic carbocycles. The van der Waals surface area contributed by atoms with Crippen molar-refractivity contribution in [3.8, 4) is 0 Å². The normalized spacial score (nSPS) is 13.2. The second-order valence-electron chi connectivity index (χ2n) is 7.31. The van der Waals surface area contributed by atoms with Crippen LogP contribution in [-0.4, -0.2) is 30.8 Å². The molecule has 0 unspecified atom stereocenters. The van der Waals surface area contributed by atoms with Gasteiger partial charge in [-0.25, -0.2) is 9.69 Å². The maximum atomic E-state index is 12.9. The van der Waals surface area contributed by atoms with Gasteiger partial charge in [-0.15, -0.1) is 0 Å². The van der Waals surface area contributed by atoms with Crippen molar-refractivity contribution in [3.05, 3.63) is 99.7 Å². The van der Waals surface area contributed by atoms with Gasteiger partial charge in [0.2, 0.25) is 0 Å². The van der Waals surface area contributed by atoms with Crippen LogP contribution in [0.15, 0.2) is 83.5 Å². The van der Waals surface area contributed by atoms with E-state index in [-0.39, 0.29) is 27.9 Å². The highest BCUT2D eigenvalue weighted by Crippen LogP contribution is 2.30. The molecule has 3 amide bonds. The van der Waals surface area contributed by atoms with E-state index in [2.05, 4.69) is 15.4 Å². The Bertz CT molecular complexity index is 1370. The van der Waals surface area contributed by atoms with Crippen molar-refractivity contribution < 1.29 is 23.9 Å². The number of rotatable bonds is 6. The number of ether oxygens (including phenoxy) is 1. The zero-order valence-corrected chi connectivity index (χ0v) is 19.7. The molecule has 0 saturated heterocycles. The first-order chi connectivity index (χ1) is 16.8. The Morgan fingerprint density at radius 1 is 0.829 bits per heavy atom. The van der Waals surface area contributed by atoms with Crippen LogP contribution in [0.3, 0.4) is 0 Å². The molecular weight excluding hydrogens is 493 g/mol. The molecular formula is C25H17Cl2N3O5. The summed E-state index contributed by atoms with van der Waals surface area (Å²) < 4.78 is 4.65. The van der Waals surface area contributed by atoms with E-state index < -0.39 is 17.8 Å². The van der Waals surface area contributed by atoms with Crippen LogP contribution in [0.2, 0.25) is 5.02 Å². The fraction of sp³-hybridized carbons (Fsp3) is 0.0400. The number of anilines is 3. The minimum atomic E-state index is -0.708. The molecule has 0 spiro atoms. The fourth-order valence-corrected chi connectivity index (χ4v) is 3.71. The van der Waals surface area contributed by atoms with E-state index in [1.54, 1.807) is 48.5 Å². The lowest BCUT2D eigenvalue weighted by atomic mass is 10.2. The summed E-state index contributed by atoms with van der Waals surface area (Å²) in [5.74, 6) is -2.28. The smallest absolute Gasteiger partial charge is 0.337 e. The molecule has 0 bridgehead atoms. The van der Waals surface area contributed by atoms with E-state index in [1.165, 1.54) is 31.4 Å². The zero-order valence-electron chi connectivity index (χ0n) is 18.2. The number of imide groups is 1. The summed E-state index contributed by atoms with van der Waals surface area (Å²) in [5, 5.41) is 5.69. The molecule has 0 aromatic heterocycles. The highest BCUT2D eigenvalue weighted by Gasteiger charge is 2.39. The Labute approximate surface area is 210 Å². The van der Waals surface area contributed by atoms with E-state index in [0.717, 1.165) is 4.90 Å². The third-order valence-corrected chi connectivity index (χ3v) is 5.79. The average Bonchev–Trinajstić information content (AvgIpc) is 3.08. The topological polar surface area (TPSA) is 105 Å². The Kier molecular flexibility index (Phi) is 6.86. The Balaban J connectivity index is 1.47. The van der Waals surface area contributed by atoms with E-state index in [0.29, 0.717) is 22.0 Å². The van der Waals surface area contributed by atoms with Crippen LogP contribution < -0.4 is 15.5 Å². The largest absolute Gasteiger partial charge is 0.465 e. The average molecular weight is 510 g/mol. The number of hydrogen-bond donors (Lipinski definition) is 2. The third-order valence-electron chi connectivity index (χ3n) is 5.11. The van der Waals surface area contributed by atoms with Gasteiger partial charge in [-0.1, -0.05) is 35.3 Å². The molecule has 0 saturated carbocycles. The van der Waals surface area contributed by atoms with Crippen molar-refractivity contribution >= 4 is 64.0 Å². The Morgan fingerprint density at radius 2 is 1.46 bits per heavy atom. The minimum Gasteiger partial charge on any atom is -0.465 e. The second-order valence-corrected chi connectivity index (χ2v) is 8.09. The Morgan fingerprint density at radius 3 is 2.09 bits per heavy atom. The first-order valence-electron chi connectivity index (χ1n) is 10.2. The number of nitrogens with zero attached hydrogens (tertiary/aromatic N) is 1. The molecule has 1 aliphatic heterocycles. The monoisotopic (exact) mass is 509 g/mol. The zero-order chi connectivity index (χ0) is 25.1. The lowest BCUT2D eigenvalue weighted by Gasteiger charge is -2.15. The number of para-hydroxylation sites is 1. The number of methoxy groups -OCH3 is 1. The van der Waals surface area contributed by atoms with E-state index in [1.807, 2.05) is 0 Å². The van der Waals surface area contributed by atoms with Crippen LogP contribution in [0, 0.1) is 0 Å². The molecule has 3 aromatic rings. The number of benzene rings is 3. The molecule has 1 aliphatic rings. The maximum absolute atomic E-state index is 12.9. The number of halogens is 2. The molecule has 0 radical (unpaired) electrons. The van der Waals surface area contributed by atoms with Crippen molar-refractivity contribution in [2.45, 2.75) is 0 Å². The molecule has 0 fully saturated rings. The molecule has 2 N–H and O–H groups in total. The number of carbonyl (C=O) groups excluding carboxylic acids is 4. The Hall–Kier alpha value is -4.14. The van der Waals surface area contributed by atoms with Crippen LogP contribution in [0.1, 0.15) is 20.7 Å². The predicted molar refractivity (Wildman–Crippen MR) is 133 cm³/mol. The summed E-state index contributed by atoms with van der Waals surface area (Å²) in [6.07, 6.45) is 0. The van der Waals surface area contributed by atoms with E-state index in [4.69, 9.17) is 23.2 Å². The molecule has 35 heavy (non-hydrogen) atoms. The van der Waals surface area contributed by atoms with E-state index >= 15 is 0 Å². The van der Waals surface area contributed by atoms with Crippen molar-refractivity contribution in [1.29, 1.82) is 0 Å². The molecule has 10 heteroatoms. The van der Waals surface area contributed by atoms with Gasteiger partial charge < -0.3 is 15.4 Å². The standard InChI is InChI=1S/C25H17Cl2N3O5/c1-35-25(34)15-8-12-17(13-9-15)30-23(32)20(27)21(24(30)33)28-16-10-6-14(7-11-16)22(31)29-19-5-3-2-4-18(19)26/h2-13,28H,1H3,(H,29,31). The summed E-state index contributed by atoms with van der Waals surface area (Å²) in [6, 6.07) is 18.9. The molecule has 8 nitrogen and oxygen atoms in total. The van der Waals surface area contributed by atoms with Gasteiger partial charge in [0.05, 0.1) is 29.1 Å². The van der Waals surface area contributed by atoms with Gasteiger partial charge in [0.25, 0.3) is 17.7 Å².